The summed E-state index contributed by atoms with van der Waals surface area (Å²) in [4.78, 5) is 0.204. The number of aromatic nitrogens is 3. The van der Waals surface area contributed by atoms with Crippen molar-refractivity contribution in [1.29, 1.82) is 0 Å². The van der Waals surface area contributed by atoms with Gasteiger partial charge in [-0.3, -0.25) is 0 Å². The molecule has 1 unspecified atom stereocenters. The number of ether oxygens (including phenoxy) is 1. The van der Waals surface area contributed by atoms with E-state index in [0.29, 0.717) is 6.54 Å². The first kappa shape index (κ1) is 13.5. The van der Waals surface area contributed by atoms with E-state index >= 15 is 0 Å². The normalized spacial score (nSPS) is 12.4. The van der Waals surface area contributed by atoms with Crippen LogP contribution < -0.4 is 4.74 Å². The first-order valence-corrected chi connectivity index (χ1v) is 7.17. The molecule has 0 bridgehead atoms. The minimum atomic E-state index is 0.204. The van der Waals surface area contributed by atoms with Crippen molar-refractivity contribution in [3.63, 3.8) is 0 Å². The lowest BCUT2D eigenvalue weighted by molar-refractivity contribution is 0.407. The van der Waals surface area contributed by atoms with Gasteiger partial charge >= 0.3 is 0 Å². The van der Waals surface area contributed by atoms with Crippen LogP contribution >= 0.6 is 31.9 Å². The molecule has 1 aromatic carbocycles. The van der Waals surface area contributed by atoms with Gasteiger partial charge in [-0.25, -0.2) is 4.68 Å². The van der Waals surface area contributed by atoms with Crippen molar-refractivity contribution < 1.29 is 4.74 Å². The van der Waals surface area contributed by atoms with Gasteiger partial charge < -0.3 is 4.74 Å². The predicted molar refractivity (Wildman–Crippen MR) is 77.2 cm³/mol. The molecule has 2 aromatic rings. The smallest absolute Gasteiger partial charge is 0.124 e. The first-order valence-electron chi connectivity index (χ1n) is 5.46. The molecule has 2 rings (SSSR count). The Hall–Kier alpha value is -0.880. The largest absolute Gasteiger partial charge is 0.496 e. The summed E-state index contributed by atoms with van der Waals surface area (Å²) in [5.74, 6) is 0.849. The van der Waals surface area contributed by atoms with Crippen LogP contribution in [0.15, 0.2) is 28.9 Å². The maximum atomic E-state index is 5.34. The maximum Gasteiger partial charge on any atom is 0.124 e. The molecule has 0 N–H and O–H groups in total. The average Bonchev–Trinajstić information content (AvgIpc) is 2.78. The molecule has 0 aliphatic rings. The highest BCUT2D eigenvalue weighted by atomic mass is 79.9. The van der Waals surface area contributed by atoms with Gasteiger partial charge in [-0.05, 0) is 25.1 Å². The van der Waals surface area contributed by atoms with E-state index in [0.717, 1.165) is 21.5 Å². The molecular formula is C12H13Br2N3O. The Kier molecular flexibility index (Phi) is 4.40. The Balaban J connectivity index is 2.24. The molecule has 0 radical (unpaired) electrons. The fourth-order valence-corrected chi connectivity index (χ4v) is 2.24. The molecule has 1 heterocycles. The molecule has 0 aliphatic heterocycles. The highest BCUT2D eigenvalue weighted by Crippen LogP contribution is 2.24. The van der Waals surface area contributed by atoms with Gasteiger partial charge in [-0.2, -0.15) is 0 Å². The fraction of sp³-hybridized carbons (Fsp3) is 0.333. The average molecular weight is 375 g/mol. The van der Waals surface area contributed by atoms with Gasteiger partial charge in [0.1, 0.15) is 5.75 Å². The zero-order valence-corrected chi connectivity index (χ0v) is 13.3. The summed E-state index contributed by atoms with van der Waals surface area (Å²) in [6, 6.07) is 5.91. The van der Waals surface area contributed by atoms with Crippen LogP contribution in [0.4, 0.5) is 0 Å². The molecule has 0 saturated carbocycles. The molecule has 0 spiro atoms. The number of benzene rings is 1. The van der Waals surface area contributed by atoms with Crippen molar-refractivity contribution in [2.45, 2.75) is 18.3 Å². The lowest BCUT2D eigenvalue weighted by atomic mass is 10.2. The summed E-state index contributed by atoms with van der Waals surface area (Å²) in [6.07, 6.45) is 1.93. The van der Waals surface area contributed by atoms with E-state index in [2.05, 4.69) is 42.2 Å². The minimum absolute atomic E-state index is 0.204. The third-order valence-corrected chi connectivity index (χ3v) is 3.50. The molecule has 0 fully saturated rings. The Morgan fingerprint density at radius 3 is 2.83 bits per heavy atom. The Bertz CT molecular complexity index is 540. The van der Waals surface area contributed by atoms with Crippen LogP contribution in [0.5, 0.6) is 5.75 Å². The monoisotopic (exact) mass is 373 g/mol. The summed E-state index contributed by atoms with van der Waals surface area (Å²) >= 11 is 6.93. The lowest BCUT2D eigenvalue weighted by Crippen LogP contribution is -2.02. The minimum Gasteiger partial charge on any atom is -0.496 e. The van der Waals surface area contributed by atoms with E-state index in [-0.39, 0.29) is 4.83 Å². The summed E-state index contributed by atoms with van der Waals surface area (Å²) in [5, 5.41) is 8.21. The number of halogens is 2. The van der Waals surface area contributed by atoms with Crippen LogP contribution in [0.25, 0.3) is 0 Å². The molecule has 96 valence electrons. The van der Waals surface area contributed by atoms with Crippen LogP contribution in [0.1, 0.15) is 23.0 Å². The highest BCUT2D eigenvalue weighted by Gasteiger charge is 2.09. The predicted octanol–water partition coefficient (Wildman–Crippen LogP) is 3.55. The second kappa shape index (κ2) is 5.84. The van der Waals surface area contributed by atoms with Crippen molar-refractivity contribution in [1.82, 2.24) is 15.0 Å². The molecular weight excluding hydrogens is 362 g/mol. The van der Waals surface area contributed by atoms with Crippen molar-refractivity contribution in [3.8, 4) is 5.75 Å². The number of hydrogen-bond acceptors (Lipinski definition) is 3. The van der Waals surface area contributed by atoms with Gasteiger partial charge in [0.25, 0.3) is 0 Å². The third kappa shape index (κ3) is 3.11. The molecule has 0 saturated heterocycles. The standard InChI is InChI=1S/C12H13Br2N3O/c1-8(13)11-7-17(16-15-11)6-9-5-10(14)3-4-12(9)18-2/h3-5,7-8H,6H2,1-2H3. The zero-order valence-electron chi connectivity index (χ0n) is 10.1. The SMILES string of the molecule is COc1ccc(Br)cc1Cn1cc(C(C)Br)nn1. The summed E-state index contributed by atoms with van der Waals surface area (Å²) in [6.45, 7) is 2.66. The topological polar surface area (TPSA) is 39.9 Å². The molecule has 4 nitrogen and oxygen atoms in total. The number of methoxy groups -OCH3 is 1. The van der Waals surface area contributed by atoms with Crippen LogP contribution in [-0.2, 0) is 6.54 Å². The second-order valence-corrected chi connectivity index (χ2v) is 6.20. The number of alkyl halides is 1. The van der Waals surface area contributed by atoms with E-state index in [9.17, 15) is 0 Å². The fourth-order valence-electron chi connectivity index (χ4n) is 1.62. The Morgan fingerprint density at radius 1 is 1.44 bits per heavy atom. The molecule has 1 atom stereocenters. The quantitative estimate of drug-likeness (QED) is 0.768. The highest BCUT2D eigenvalue weighted by molar-refractivity contribution is 9.10. The van der Waals surface area contributed by atoms with Crippen LogP contribution in [0, 0.1) is 0 Å². The van der Waals surface area contributed by atoms with Gasteiger partial charge in [-0.1, -0.05) is 37.1 Å². The van der Waals surface area contributed by atoms with E-state index in [1.54, 1.807) is 11.8 Å². The Morgan fingerprint density at radius 2 is 2.22 bits per heavy atom. The van der Waals surface area contributed by atoms with E-state index in [4.69, 9.17) is 4.74 Å². The van der Waals surface area contributed by atoms with Gasteiger partial charge in [0.05, 0.1) is 24.2 Å². The lowest BCUT2D eigenvalue weighted by Gasteiger charge is -2.08. The van der Waals surface area contributed by atoms with Crippen molar-refractivity contribution >= 4 is 31.9 Å². The zero-order chi connectivity index (χ0) is 13.1. The third-order valence-electron chi connectivity index (χ3n) is 2.54. The van der Waals surface area contributed by atoms with Crippen LogP contribution in [0.3, 0.4) is 0 Å². The summed E-state index contributed by atoms with van der Waals surface area (Å²) < 4.78 is 8.16. The van der Waals surface area contributed by atoms with E-state index in [1.165, 1.54) is 0 Å². The van der Waals surface area contributed by atoms with Crippen molar-refractivity contribution in [2.24, 2.45) is 0 Å². The van der Waals surface area contributed by atoms with Gasteiger partial charge in [0.15, 0.2) is 0 Å². The molecule has 0 amide bonds. The van der Waals surface area contributed by atoms with Crippen molar-refractivity contribution in [3.05, 3.63) is 40.1 Å². The number of nitrogens with zero attached hydrogens (tertiary/aromatic N) is 3. The molecule has 1 aromatic heterocycles. The first-order chi connectivity index (χ1) is 8.60. The number of rotatable bonds is 4. The van der Waals surface area contributed by atoms with E-state index in [1.807, 2.05) is 31.3 Å². The maximum absolute atomic E-state index is 5.34. The van der Waals surface area contributed by atoms with Gasteiger partial charge in [0.2, 0.25) is 0 Å². The molecule has 0 aliphatic carbocycles. The molecule has 18 heavy (non-hydrogen) atoms. The van der Waals surface area contributed by atoms with Gasteiger partial charge in [-0.15, -0.1) is 5.10 Å². The summed E-state index contributed by atoms with van der Waals surface area (Å²) in [5.41, 5.74) is 1.98. The molecule has 6 heteroatoms. The summed E-state index contributed by atoms with van der Waals surface area (Å²) in [7, 11) is 1.67. The van der Waals surface area contributed by atoms with Crippen molar-refractivity contribution in [2.75, 3.05) is 7.11 Å². The Labute approximate surface area is 123 Å². The van der Waals surface area contributed by atoms with Gasteiger partial charge in [0, 0.05) is 16.2 Å². The van der Waals surface area contributed by atoms with Crippen LogP contribution in [-0.4, -0.2) is 22.1 Å². The van der Waals surface area contributed by atoms with E-state index < -0.39 is 0 Å². The second-order valence-electron chi connectivity index (χ2n) is 3.91. The number of hydrogen-bond donors (Lipinski definition) is 0. The van der Waals surface area contributed by atoms with Crippen LogP contribution in [0.2, 0.25) is 0 Å².